The van der Waals surface area contributed by atoms with Crippen LogP contribution in [-0.4, -0.2) is 88.6 Å². The van der Waals surface area contributed by atoms with Crippen molar-refractivity contribution in [1.29, 1.82) is 0 Å². The van der Waals surface area contributed by atoms with Gasteiger partial charge in [-0.2, -0.15) is 0 Å². The van der Waals surface area contributed by atoms with Gasteiger partial charge in [-0.05, 0) is 72.6 Å². The van der Waals surface area contributed by atoms with Crippen LogP contribution in [0.4, 0.5) is 25.8 Å². The van der Waals surface area contributed by atoms with E-state index in [4.69, 9.17) is 9.47 Å². The lowest BCUT2D eigenvalue weighted by Crippen LogP contribution is -2.46. The molecule has 1 aromatic carbocycles. The molecular formula is C25H41N5O8. The Labute approximate surface area is 223 Å². The molecule has 1 rings (SSSR count). The fourth-order valence-electron chi connectivity index (χ4n) is 3.19. The zero-order valence-corrected chi connectivity index (χ0v) is 23.5. The van der Waals surface area contributed by atoms with Crippen molar-refractivity contribution in [3.05, 3.63) is 33.4 Å². The van der Waals surface area contributed by atoms with Crippen molar-refractivity contribution in [1.82, 2.24) is 15.1 Å². The van der Waals surface area contributed by atoms with Crippen LogP contribution >= 0.6 is 0 Å². The highest BCUT2D eigenvalue weighted by Gasteiger charge is 2.24. The topological polar surface area (TPSA) is 164 Å². The van der Waals surface area contributed by atoms with Crippen molar-refractivity contribution >= 4 is 29.7 Å². The monoisotopic (exact) mass is 539 g/mol. The minimum atomic E-state index is -1.22. The molecule has 0 atom stereocenters. The molecule has 3 N–H and O–H groups in total. The van der Waals surface area contributed by atoms with Crippen molar-refractivity contribution in [3.8, 4) is 0 Å². The number of alkyl carbamates (subject to hydrolysis) is 1. The normalized spacial score (nSPS) is 11.4. The Morgan fingerprint density at radius 3 is 1.95 bits per heavy atom. The van der Waals surface area contributed by atoms with Crippen LogP contribution in [0.2, 0.25) is 0 Å². The van der Waals surface area contributed by atoms with Crippen LogP contribution in [-0.2, 0) is 9.47 Å². The Morgan fingerprint density at radius 2 is 1.42 bits per heavy atom. The van der Waals surface area contributed by atoms with Crippen LogP contribution < -0.4 is 10.6 Å². The number of ether oxygens (including phenoxy) is 2. The summed E-state index contributed by atoms with van der Waals surface area (Å²) in [5.74, 6) is 0. The van der Waals surface area contributed by atoms with Gasteiger partial charge in [0.15, 0.2) is 0 Å². The molecule has 3 amide bonds. The molecule has 0 aromatic heterocycles. The van der Waals surface area contributed by atoms with E-state index in [1.807, 2.05) is 6.92 Å². The molecule has 0 saturated carbocycles. The molecule has 214 valence electrons. The Morgan fingerprint density at radius 1 is 0.895 bits per heavy atom. The second-order valence-electron chi connectivity index (χ2n) is 10.8. The summed E-state index contributed by atoms with van der Waals surface area (Å²) in [5, 5.41) is 26.6. The van der Waals surface area contributed by atoms with Crippen molar-refractivity contribution in [2.75, 3.05) is 44.6 Å². The minimum absolute atomic E-state index is 0.00432. The number of anilines is 1. The van der Waals surface area contributed by atoms with Crippen LogP contribution in [0.1, 0.15) is 52.7 Å². The predicted octanol–water partition coefficient (Wildman–Crippen LogP) is 4.37. The summed E-state index contributed by atoms with van der Waals surface area (Å²) in [4.78, 5) is 49.8. The quantitative estimate of drug-likeness (QED) is 0.274. The molecule has 0 unspecified atom stereocenters. The number of hydrogen-bond donors (Lipinski definition) is 3. The molecule has 13 heteroatoms. The number of benzene rings is 1. The highest BCUT2D eigenvalue weighted by atomic mass is 16.6. The zero-order chi connectivity index (χ0) is 29.3. The number of aryl methyl sites for hydroxylation is 2. The third-order valence-corrected chi connectivity index (χ3v) is 5.12. The fourth-order valence-corrected chi connectivity index (χ4v) is 3.19. The second-order valence-corrected chi connectivity index (χ2v) is 10.8. The van der Waals surface area contributed by atoms with E-state index in [-0.39, 0.29) is 45.0 Å². The van der Waals surface area contributed by atoms with Crippen molar-refractivity contribution in [2.24, 2.45) is 0 Å². The maximum atomic E-state index is 12.8. The molecule has 0 aliphatic carbocycles. The van der Waals surface area contributed by atoms with E-state index in [2.05, 4.69) is 10.6 Å². The summed E-state index contributed by atoms with van der Waals surface area (Å²) in [6.07, 6.45) is -2.53. The first-order valence-corrected chi connectivity index (χ1v) is 12.3. The fraction of sp³-hybridized carbons (Fsp3) is 0.640. The van der Waals surface area contributed by atoms with Crippen LogP contribution in [0.3, 0.4) is 0 Å². The van der Waals surface area contributed by atoms with E-state index < -0.39 is 34.4 Å². The van der Waals surface area contributed by atoms with E-state index in [1.165, 1.54) is 11.0 Å². The number of nitrogens with zero attached hydrogens (tertiary/aromatic N) is 3. The van der Waals surface area contributed by atoms with Crippen molar-refractivity contribution in [2.45, 2.75) is 66.6 Å². The molecule has 13 nitrogen and oxygen atoms in total. The van der Waals surface area contributed by atoms with E-state index in [9.17, 15) is 29.6 Å². The Bertz CT molecular complexity index is 1000. The van der Waals surface area contributed by atoms with Gasteiger partial charge in [0.1, 0.15) is 16.9 Å². The SMILES string of the molecule is Cc1cc(NCCN(CCN(CCNC(=O)OC(C)(C)C)C(=O)O)C(=O)OC(C)(C)C)c([N+](=O)[O-])cc1C. The summed E-state index contributed by atoms with van der Waals surface area (Å²) >= 11 is 0. The summed E-state index contributed by atoms with van der Waals surface area (Å²) in [5.41, 5.74) is 0.441. The van der Waals surface area contributed by atoms with Crippen LogP contribution in [0.25, 0.3) is 0 Å². The molecule has 0 aliphatic heterocycles. The molecule has 0 saturated heterocycles. The van der Waals surface area contributed by atoms with Gasteiger partial charge in [-0.15, -0.1) is 0 Å². The maximum Gasteiger partial charge on any atom is 0.410 e. The number of hydrogen-bond acceptors (Lipinski definition) is 8. The average Bonchev–Trinajstić information content (AvgIpc) is 2.73. The van der Waals surface area contributed by atoms with Gasteiger partial charge in [0.05, 0.1) is 4.92 Å². The number of amides is 3. The number of rotatable bonds is 11. The van der Waals surface area contributed by atoms with Crippen LogP contribution in [0.15, 0.2) is 12.1 Å². The first kappa shape index (κ1) is 32.3. The number of carbonyl (C=O) groups is 3. The Balaban J connectivity index is 2.86. The summed E-state index contributed by atoms with van der Waals surface area (Å²) in [6, 6.07) is 3.16. The molecule has 0 bridgehead atoms. The lowest BCUT2D eigenvalue weighted by atomic mass is 10.1. The summed E-state index contributed by atoms with van der Waals surface area (Å²) in [7, 11) is 0. The smallest absolute Gasteiger partial charge is 0.410 e. The zero-order valence-electron chi connectivity index (χ0n) is 23.5. The predicted molar refractivity (Wildman–Crippen MR) is 143 cm³/mol. The largest absolute Gasteiger partial charge is 0.465 e. The van der Waals surface area contributed by atoms with Gasteiger partial charge in [0, 0.05) is 45.3 Å². The molecule has 0 radical (unpaired) electrons. The van der Waals surface area contributed by atoms with E-state index >= 15 is 0 Å². The molecule has 0 fully saturated rings. The first-order chi connectivity index (χ1) is 17.4. The van der Waals surface area contributed by atoms with Gasteiger partial charge in [-0.25, -0.2) is 14.4 Å². The van der Waals surface area contributed by atoms with Crippen LogP contribution in [0, 0.1) is 24.0 Å². The molecule has 0 spiro atoms. The number of carboxylic acid groups (broad SMARTS) is 1. The standard InChI is InChI=1S/C25H41N5O8/c1-17-15-19(20(30(35)36)16-18(17)2)26-9-12-29(23(34)38-25(6,7)8)14-13-28(22(32)33)11-10-27-21(31)37-24(3,4)5/h15-16,26H,9-14H2,1-8H3,(H,27,31)(H,32,33). The summed E-state index contributed by atoms with van der Waals surface area (Å²) in [6.45, 7) is 14.1. The molecule has 0 heterocycles. The first-order valence-electron chi connectivity index (χ1n) is 12.3. The number of nitro groups is 1. The van der Waals surface area contributed by atoms with Crippen molar-refractivity contribution in [3.63, 3.8) is 0 Å². The van der Waals surface area contributed by atoms with E-state index in [1.54, 1.807) is 54.5 Å². The van der Waals surface area contributed by atoms with Gasteiger partial charge >= 0.3 is 18.3 Å². The third kappa shape index (κ3) is 12.0. The molecule has 38 heavy (non-hydrogen) atoms. The number of nitro benzene ring substituents is 1. The van der Waals surface area contributed by atoms with Gasteiger partial charge in [-0.3, -0.25) is 10.1 Å². The number of carbonyl (C=O) groups excluding carboxylic acids is 2. The third-order valence-electron chi connectivity index (χ3n) is 5.12. The molecular weight excluding hydrogens is 498 g/mol. The van der Waals surface area contributed by atoms with Crippen LogP contribution in [0.5, 0.6) is 0 Å². The van der Waals surface area contributed by atoms with E-state index in [0.717, 1.165) is 16.0 Å². The van der Waals surface area contributed by atoms with E-state index in [0.29, 0.717) is 5.69 Å². The van der Waals surface area contributed by atoms with Crippen molar-refractivity contribution < 1.29 is 33.9 Å². The number of nitrogens with one attached hydrogen (secondary N) is 2. The highest BCUT2D eigenvalue weighted by Crippen LogP contribution is 2.27. The maximum absolute atomic E-state index is 12.8. The summed E-state index contributed by atoms with van der Waals surface area (Å²) < 4.78 is 10.6. The Hall–Kier alpha value is -3.77. The average molecular weight is 540 g/mol. The van der Waals surface area contributed by atoms with Gasteiger partial charge < -0.3 is 35.0 Å². The molecule has 0 aliphatic rings. The highest BCUT2D eigenvalue weighted by molar-refractivity contribution is 5.69. The van der Waals surface area contributed by atoms with Gasteiger partial charge in [-0.1, -0.05) is 0 Å². The second kappa shape index (κ2) is 13.7. The Kier molecular flexibility index (Phi) is 11.6. The lowest BCUT2D eigenvalue weighted by Gasteiger charge is -2.29. The molecule has 1 aromatic rings. The lowest BCUT2D eigenvalue weighted by molar-refractivity contribution is -0.384. The van der Waals surface area contributed by atoms with Gasteiger partial charge in [0.2, 0.25) is 0 Å². The van der Waals surface area contributed by atoms with Gasteiger partial charge in [0.25, 0.3) is 5.69 Å². The minimum Gasteiger partial charge on any atom is -0.465 e.